The van der Waals surface area contributed by atoms with E-state index in [2.05, 4.69) is 13.8 Å². The Hall–Kier alpha value is -0.910. The van der Waals surface area contributed by atoms with Crippen molar-refractivity contribution >= 4 is 6.09 Å². The zero-order valence-electron chi connectivity index (χ0n) is 14.2. The zero-order valence-corrected chi connectivity index (χ0v) is 14.2. The van der Waals surface area contributed by atoms with Crippen molar-refractivity contribution in [2.45, 2.75) is 83.4 Å². The lowest BCUT2D eigenvalue weighted by Crippen LogP contribution is -2.71. The van der Waals surface area contributed by atoms with Gasteiger partial charge in [0.1, 0.15) is 5.60 Å². The first-order chi connectivity index (χ1) is 9.73. The van der Waals surface area contributed by atoms with Crippen LogP contribution < -0.4 is 5.73 Å². The van der Waals surface area contributed by atoms with Gasteiger partial charge in [-0.3, -0.25) is 0 Å². The summed E-state index contributed by atoms with van der Waals surface area (Å²) >= 11 is 0. The number of halogens is 2. The van der Waals surface area contributed by atoms with Crippen LogP contribution in [0.4, 0.5) is 13.6 Å². The standard InChI is InChI=1S/C16H28F2N2O2/c1-13(2,3)22-12(21)20-10-14(4,5)7-6-11(20)15(19)8-16(17,18)9-15/h11H,6-10,19H2,1-5H3. The number of ether oxygens (including phenoxy) is 1. The summed E-state index contributed by atoms with van der Waals surface area (Å²) in [7, 11) is 0. The van der Waals surface area contributed by atoms with Crippen LogP contribution in [0.15, 0.2) is 0 Å². The number of amides is 1. The van der Waals surface area contributed by atoms with E-state index in [9.17, 15) is 13.6 Å². The lowest BCUT2D eigenvalue weighted by molar-refractivity contribution is -0.152. The Morgan fingerprint density at radius 2 is 1.82 bits per heavy atom. The van der Waals surface area contributed by atoms with Gasteiger partial charge in [0.05, 0.1) is 6.04 Å². The summed E-state index contributed by atoms with van der Waals surface area (Å²) < 4.78 is 32.1. The highest BCUT2D eigenvalue weighted by Crippen LogP contribution is 2.50. The summed E-state index contributed by atoms with van der Waals surface area (Å²) in [5.74, 6) is -2.71. The van der Waals surface area contributed by atoms with Gasteiger partial charge in [-0.05, 0) is 39.0 Å². The molecule has 2 N–H and O–H groups in total. The molecular weight excluding hydrogens is 290 g/mol. The topological polar surface area (TPSA) is 55.6 Å². The van der Waals surface area contributed by atoms with Crippen molar-refractivity contribution in [2.75, 3.05) is 6.54 Å². The molecule has 1 amide bonds. The molecule has 22 heavy (non-hydrogen) atoms. The van der Waals surface area contributed by atoms with Gasteiger partial charge in [-0.15, -0.1) is 0 Å². The highest BCUT2D eigenvalue weighted by Gasteiger charge is 2.60. The van der Waals surface area contributed by atoms with Crippen molar-refractivity contribution in [3.8, 4) is 0 Å². The van der Waals surface area contributed by atoms with Gasteiger partial charge in [0.25, 0.3) is 5.92 Å². The number of carbonyl (C=O) groups is 1. The van der Waals surface area contributed by atoms with Crippen LogP contribution in [0, 0.1) is 5.41 Å². The summed E-state index contributed by atoms with van der Waals surface area (Å²) in [6.07, 6.45) is 0.333. The SMILES string of the molecule is CC1(C)CCC(C2(N)CC(F)(F)C2)N(C(=O)OC(C)(C)C)C1. The molecule has 2 fully saturated rings. The molecule has 1 heterocycles. The third kappa shape index (κ3) is 3.70. The number of alkyl halides is 2. The van der Waals surface area contributed by atoms with E-state index < -0.39 is 23.2 Å². The van der Waals surface area contributed by atoms with Gasteiger partial charge in [-0.25, -0.2) is 13.6 Å². The molecule has 1 atom stereocenters. The number of carbonyl (C=O) groups excluding carboxylic acids is 1. The van der Waals surface area contributed by atoms with Gasteiger partial charge < -0.3 is 15.4 Å². The van der Waals surface area contributed by atoms with Crippen molar-refractivity contribution in [1.82, 2.24) is 4.90 Å². The Labute approximate surface area is 131 Å². The van der Waals surface area contributed by atoms with Crippen molar-refractivity contribution in [2.24, 2.45) is 11.1 Å². The van der Waals surface area contributed by atoms with Crippen LogP contribution in [0.5, 0.6) is 0 Å². The van der Waals surface area contributed by atoms with E-state index in [1.807, 2.05) is 0 Å². The van der Waals surface area contributed by atoms with Crippen LogP contribution in [0.3, 0.4) is 0 Å². The van der Waals surface area contributed by atoms with Crippen LogP contribution in [-0.2, 0) is 4.74 Å². The molecule has 0 aromatic rings. The Bertz CT molecular complexity index is 450. The molecule has 128 valence electrons. The van der Waals surface area contributed by atoms with Crippen LogP contribution in [0.2, 0.25) is 0 Å². The number of hydrogen-bond acceptors (Lipinski definition) is 3. The van der Waals surface area contributed by atoms with E-state index in [1.165, 1.54) is 0 Å². The smallest absolute Gasteiger partial charge is 0.410 e. The second-order valence-corrected chi connectivity index (χ2v) is 8.77. The maximum atomic E-state index is 13.3. The van der Waals surface area contributed by atoms with Gasteiger partial charge in [-0.1, -0.05) is 13.8 Å². The molecule has 1 aliphatic carbocycles. The van der Waals surface area contributed by atoms with E-state index in [-0.39, 0.29) is 24.3 Å². The molecule has 2 aliphatic rings. The predicted octanol–water partition coefficient (Wildman–Crippen LogP) is 3.54. The van der Waals surface area contributed by atoms with Crippen molar-refractivity contribution < 1.29 is 18.3 Å². The van der Waals surface area contributed by atoms with E-state index in [0.29, 0.717) is 13.0 Å². The van der Waals surface area contributed by atoms with Gasteiger partial charge >= 0.3 is 6.09 Å². The monoisotopic (exact) mass is 318 g/mol. The van der Waals surface area contributed by atoms with Gasteiger partial charge in [0, 0.05) is 24.9 Å². The fraction of sp³-hybridized carbons (Fsp3) is 0.938. The summed E-state index contributed by atoms with van der Waals surface area (Å²) in [5.41, 5.74) is 4.53. The third-order valence-electron chi connectivity index (χ3n) is 4.54. The zero-order chi connectivity index (χ0) is 17.0. The molecule has 0 bridgehead atoms. The minimum absolute atomic E-state index is 0.0595. The second kappa shape index (κ2) is 5.05. The Balaban J connectivity index is 2.18. The summed E-state index contributed by atoms with van der Waals surface area (Å²) in [6, 6.07) is -0.380. The average molecular weight is 318 g/mol. The molecule has 1 aliphatic heterocycles. The first kappa shape index (κ1) is 17.4. The first-order valence-electron chi connectivity index (χ1n) is 7.90. The number of rotatable bonds is 1. The number of nitrogens with zero attached hydrogens (tertiary/aromatic N) is 1. The van der Waals surface area contributed by atoms with Crippen LogP contribution in [0.1, 0.15) is 60.3 Å². The quantitative estimate of drug-likeness (QED) is 0.804. The van der Waals surface area contributed by atoms with Crippen LogP contribution in [0.25, 0.3) is 0 Å². The van der Waals surface area contributed by atoms with E-state index in [4.69, 9.17) is 10.5 Å². The predicted molar refractivity (Wildman–Crippen MR) is 80.8 cm³/mol. The Morgan fingerprint density at radius 3 is 2.27 bits per heavy atom. The molecule has 1 unspecified atom stereocenters. The van der Waals surface area contributed by atoms with Gasteiger partial charge in [0.2, 0.25) is 0 Å². The number of likely N-dealkylation sites (tertiary alicyclic amines) is 1. The lowest BCUT2D eigenvalue weighted by atomic mass is 9.65. The summed E-state index contributed by atoms with van der Waals surface area (Å²) in [5, 5.41) is 0. The minimum atomic E-state index is -2.71. The maximum absolute atomic E-state index is 13.3. The highest BCUT2D eigenvalue weighted by atomic mass is 19.3. The Morgan fingerprint density at radius 1 is 1.27 bits per heavy atom. The maximum Gasteiger partial charge on any atom is 0.410 e. The van der Waals surface area contributed by atoms with Crippen molar-refractivity contribution in [3.63, 3.8) is 0 Å². The molecule has 0 spiro atoms. The number of nitrogens with two attached hydrogens (primary N) is 1. The van der Waals surface area contributed by atoms with Crippen LogP contribution in [-0.4, -0.2) is 40.6 Å². The molecule has 0 radical (unpaired) electrons. The van der Waals surface area contributed by atoms with Gasteiger partial charge in [0.15, 0.2) is 0 Å². The number of piperidine rings is 1. The molecule has 0 aromatic carbocycles. The molecule has 1 saturated heterocycles. The Kier molecular flexibility index (Phi) is 4.00. The molecule has 4 nitrogen and oxygen atoms in total. The average Bonchev–Trinajstić information content (AvgIpc) is 2.21. The minimum Gasteiger partial charge on any atom is -0.444 e. The largest absolute Gasteiger partial charge is 0.444 e. The summed E-state index contributed by atoms with van der Waals surface area (Å²) in [6.45, 7) is 10.0. The molecule has 0 aromatic heterocycles. The van der Waals surface area contributed by atoms with E-state index in [1.54, 1.807) is 25.7 Å². The van der Waals surface area contributed by atoms with Crippen molar-refractivity contribution in [3.05, 3.63) is 0 Å². The van der Waals surface area contributed by atoms with Crippen LogP contribution >= 0.6 is 0 Å². The van der Waals surface area contributed by atoms with Crippen molar-refractivity contribution in [1.29, 1.82) is 0 Å². The highest BCUT2D eigenvalue weighted by molar-refractivity contribution is 5.69. The molecular formula is C16H28F2N2O2. The normalized spacial score (nSPS) is 29.6. The third-order valence-corrected chi connectivity index (χ3v) is 4.54. The molecule has 2 rings (SSSR count). The summed E-state index contributed by atoms with van der Waals surface area (Å²) in [4.78, 5) is 14.1. The molecule has 6 heteroatoms. The lowest BCUT2D eigenvalue weighted by Gasteiger charge is -2.56. The number of hydrogen-bond donors (Lipinski definition) is 1. The van der Waals surface area contributed by atoms with E-state index >= 15 is 0 Å². The van der Waals surface area contributed by atoms with Gasteiger partial charge in [-0.2, -0.15) is 0 Å². The second-order valence-electron chi connectivity index (χ2n) is 8.77. The fourth-order valence-corrected chi connectivity index (χ4v) is 3.59. The first-order valence-corrected chi connectivity index (χ1v) is 7.90. The molecule has 1 saturated carbocycles. The van der Waals surface area contributed by atoms with E-state index in [0.717, 1.165) is 6.42 Å². The fourth-order valence-electron chi connectivity index (χ4n) is 3.59.